The zero-order chi connectivity index (χ0) is 13.0. The van der Waals surface area contributed by atoms with Gasteiger partial charge in [-0.15, -0.1) is 0 Å². The van der Waals surface area contributed by atoms with Gasteiger partial charge in [0.25, 0.3) is 0 Å². The zero-order valence-corrected chi connectivity index (χ0v) is 19.4. The van der Waals surface area contributed by atoms with E-state index < -0.39 is 7.82 Å². The maximum atomic E-state index is 12.2. The average molecular weight is 536 g/mol. The summed E-state index contributed by atoms with van der Waals surface area (Å²) in [5.41, 5.74) is 0. The van der Waals surface area contributed by atoms with Crippen LogP contribution >= 0.6 is 7.82 Å². The summed E-state index contributed by atoms with van der Waals surface area (Å²) in [5.74, 6) is 0. The van der Waals surface area contributed by atoms with Gasteiger partial charge >= 0.3 is 7.82 Å². The molecule has 0 bridgehead atoms. The smallest absolute Gasteiger partial charge is 0.287 e. The quantitative estimate of drug-likeness (QED) is 0.209. The molecule has 19 heavy (non-hydrogen) atoms. The summed E-state index contributed by atoms with van der Waals surface area (Å²) >= 11 is 0. The van der Waals surface area contributed by atoms with E-state index in [0.29, 0.717) is 19.8 Å². The van der Waals surface area contributed by atoms with E-state index in [4.69, 9.17) is 13.6 Å². The molecule has 0 N–H and O–H groups in total. The first-order valence-electron chi connectivity index (χ1n) is 6.72. The SMILES string of the molecule is CCCCOP(=O)(OCCCC)OCCCC.[Hf].[Zr]. The Bertz CT molecular complexity index is 187. The van der Waals surface area contributed by atoms with E-state index in [9.17, 15) is 4.57 Å². The predicted octanol–water partition coefficient (Wildman–Crippen LogP) is 4.54. The second-order valence-electron chi connectivity index (χ2n) is 4.01. The van der Waals surface area contributed by atoms with Crippen LogP contribution in [0.5, 0.6) is 0 Å². The first kappa shape index (κ1) is 25.8. The van der Waals surface area contributed by atoms with Crippen LogP contribution in [0, 0.1) is 0 Å². The predicted molar refractivity (Wildman–Crippen MR) is 70.2 cm³/mol. The fourth-order valence-corrected chi connectivity index (χ4v) is 2.36. The topological polar surface area (TPSA) is 44.8 Å². The molecule has 112 valence electrons. The third-order valence-electron chi connectivity index (χ3n) is 2.24. The molecule has 0 saturated carbocycles. The van der Waals surface area contributed by atoms with Crippen LogP contribution in [-0.4, -0.2) is 19.8 Å². The van der Waals surface area contributed by atoms with Gasteiger partial charge in [0.2, 0.25) is 0 Å². The van der Waals surface area contributed by atoms with Crippen molar-refractivity contribution in [3.63, 3.8) is 0 Å². The molecule has 0 aromatic heterocycles. The third kappa shape index (κ3) is 16.1. The van der Waals surface area contributed by atoms with Crippen molar-refractivity contribution in [3.8, 4) is 0 Å². The molecular weight excluding hydrogens is 509 g/mol. The molecule has 0 aromatic rings. The van der Waals surface area contributed by atoms with Crippen molar-refractivity contribution in [2.75, 3.05) is 19.8 Å². The fourth-order valence-electron chi connectivity index (χ4n) is 1.07. The molecule has 7 heteroatoms. The first-order chi connectivity index (χ1) is 8.18. The van der Waals surface area contributed by atoms with Crippen LogP contribution < -0.4 is 0 Å². The molecule has 0 spiro atoms. The molecule has 0 heterocycles. The minimum atomic E-state index is -3.31. The number of phosphoric ester groups is 1. The van der Waals surface area contributed by atoms with E-state index in [2.05, 4.69) is 20.8 Å². The van der Waals surface area contributed by atoms with E-state index in [0.717, 1.165) is 38.5 Å². The van der Waals surface area contributed by atoms with Crippen molar-refractivity contribution in [1.82, 2.24) is 0 Å². The minimum absolute atomic E-state index is 0. The number of hydrogen-bond donors (Lipinski definition) is 0. The van der Waals surface area contributed by atoms with E-state index in [1.165, 1.54) is 0 Å². The van der Waals surface area contributed by atoms with Crippen LogP contribution in [0.3, 0.4) is 0 Å². The van der Waals surface area contributed by atoms with Crippen molar-refractivity contribution in [1.29, 1.82) is 0 Å². The van der Waals surface area contributed by atoms with Crippen molar-refractivity contribution in [2.45, 2.75) is 59.3 Å². The standard InChI is InChI=1S/C12H27O4P.Hf.Zr/c1-4-7-10-14-17(13,15-11-8-5-2)16-12-9-6-3;;/h4-12H2,1-3H3;;. The molecule has 0 amide bonds. The summed E-state index contributed by atoms with van der Waals surface area (Å²) in [6.07, 6.45) is 5.63. The zero-order valence-electron chi connectivity index (χ0n) is 12.4. The van der Waals surface area contributed by atoms with Crippen LogP contribution in [0.25, 0.3) is 0 Å². The molecular formula is C12H27HfO4PZr. The van der Waals surface area contributed by atoms with Gasteiger partial charge in [0.05, 0.1) is 19.8 Å². The largest absolute Gasteiger partial charge is 0.474 e. The molecule has 0 saturated heterocycles. The molecule has 0 radical (unpaired) electrons. The summed E-state index contributed by atoms with van der Waals surface area (Å²) in [7, 11) is -3.31. The first-order valence-corrected chi connectivity index (χ1v) is 8.18. The van der Waals surface area contributed by atoms with E-state index in [1.807, 2.05) is 0 Å². The van der Waals surface area contributed by atoms with Crippen molar-refractivity contribution >= 4 is 7.82 Å². The molecule has 0 aliphatic rings. The Hall–Kier alpha value is 1.86. The van der Waals surface area contributed by atoms with Crippen LogP contribution in [0.1, 0.15) is 59.3 Å². The summed E-state index contributed by atoms with van der Waals surface area (Å²) in [5, 5.41) is 0. The average Bonchev–Trinajstić information content (AvgIpc) is 2.30. The van der Waals surface area contributed by atoms with Gasteiger partial charge in [-0.25, -0.2) is 4.57 Å². The number of hydrogen-bond acceptors (Lipinski definition) is 4. The van der Waals surface area contributed by atoms with Gasteiger partial charge in [-0.3, -0.25) is 13.6 Å². The fraction of sp³-hybridized carbons (Fsp3) is 1.00. The molecule has 0 unspecified atom stereocenters. The Labute approximate surface area is 156 Å². The van der Waals surface area contributed by atoms with E-state index in [-0.39, 0.29) is 52.0 Å². The van der Waals surface area contributed by atoms with Crippen molar-refractivity contribution < 1.29 is 70.2 Å². The van der Waals surface area contributed by atoms with E-state index in [1.54, 1.807) is 0 Å². The van der Waals surface area contributed by atoms with Crippen LogP contribution in [-0.2, 0) is 70.2 Å². The van der Waals surface area contributed by atoms with Gasteiger partial charge in [0, 0.05) is 52.0 Å². The molecule has 4 nitrogen and oxygen atoms in total. The second-order valence-corrected chi connectivity index (χ2v) is 5.68. The summed E-state index contributed by atoms with van der Waals surface area (Å²) < 4.78 is 28.0. The van der Waals surface area contributed by atoms with E-state index >= 15 is 0 Å². The Morgan fingerprint density at radius 2 is 1.00 bits per heavy atom. The van der Waals surface area contributed by atoms with Crippen molar-refractivity contribution in [3.05, 3.63) is 0 Å². The minimum Gasteiger partial charge on any atom is -0.287 e. The molecule has 0 aromatic carbocycles. The Balaban J connectivity index is -0.00000128. The number of rotatable bonds is 12. The van der Waals surface area contributed by atoms with Crippen LogP contribution in [0.2, 0.25) is 0 Å². The normalized spacial score (nSPS) is 10.7. The van der Waals surface area contributed by atoms with Gasteiger partial charge in [-0.2, -0.15) is 0 Å². The summed E-state index contributed by atoms with van der Waals surface area (Å²) in [6.45, 7) is 7.49. The summed E-state index contributed by atoms with van der Waals surface area (Å²) in [4.78, 5) is 0. The summed E-state index contributed by atoms with van der Waals surface area (Å²) in [6, 6.07) is 0. The maximum Gasteiger partial charge on any atom is 0.474 e. The van der Waals surface area contributed by atoms with Crippen LogP contribution in [0.15, 0.2) is 0 Å². The van der Waals surface area contributed by atoms with Gasteiger partial charge in [-0.05, 0) is 19.3 Å². The number of phosphoric acid groups is 1. The second kappa shape index (κ2) is 17.9. The van der Waals surface area contributed by atoms with Gasteiger partial charge < -0.3 is 0 Å². The van der Waals surface area contributed by atoms with Gasteiger partial charge in [0.1, 0.15) is 0 Å². The van der Waals surface area contributed by atoms with Crippen LogP contribution in [0.4, 0.5) is 0 Å². The Morgan fingerprint density at radius 1 is 0.737 bits per heavy atom. The third-order valence-corrected chi connectivity index (χ3v) is 3.74. The molecule has 0 aliphatic carbocycles. The van der Waals surface area contributed by atoms with Gasteiger partial charge in [0.15, 0.2) is 0 Å². The number of unbranched alkanes of at least 4 members (excludes halogenated alkanes) is 3. The van der Waals surface area contributed by atoms with Gasteiger partial charge in [-0.1, -0.05) is 40.0 Å². The molecule has 0 aliphatic heterocycles. The molecule has 0 rings (SSSR count). The maximum absolute atomic E-state index is 12.2. The molecule has 0 atom stereocenters. The Morgan fingerprint density at radius 3 is 1.21 bits per heavy atom. The molecule has 0 fully saturated rings. The Kier molecular flexibility index (Phi) is 24.3. The monoisotopic (exact) mass is 536 g/mol. The van der Waals surface area contributed by atoms with Crippen molar-refractivity contribution in [2.24, 2.45) is 0 Å².